The average molecular weight is 233 g/mol. The normalized spacial score (nSPS) is 12.6. The van der Waals surface area contributed by atoms with Gasteiger partial charge in [0.05, 0.1) is 5.56 Å². The maximum Gasteiger partial charge on any atom is 0.416 e. The second-order valence-corrected chi connectivity index (χ2v) is 4.09. The van der Waals surface area contributed by atoms with Gasteiger partial charge in [-0.3, -0.25) is 0 Å². The molecule has 0 aliphatic rings. The van der Waals surface area contributed by atoms with E-state index in [0.717, 1.165) is 12.1 Å². The standard InChI is InChI=1S/C11H14F3NO/c1-10(2,7-15)16-9-5-3-8(4-6-9)11(12,13)14/h3-6H,7,15H2,1-2H3. The van der Waals surface area contributed by atoms with Crippen LogP contribution in [0.2, 0.25) is 0 Å². The monoisotopic (exact) mass is 233 g/mol. The van der Waals surface area contributed by atoms with E-state index in [4.69, 9.17) is 10.5 Å². The van der Waals surface area contributed by atoms with Crippen LogP contribution >= 0.6 is 0 Å². The van der Waals surface area contributed by atoms with Crippen LogP contribution in [0.1, 0.15) is 19.4 Å². The van der Waals surface area contributed by atoms with Gasteiger partial charge >= 0.3 is 6.18 Å². The quantitative estimate of drug-likeness (QED) is 0.871. The van der Waals surface area contributed by atoms with E-state index in [1.165, 1.54) is 12.1 Å². The molecule has 2 N–H and O–H groups in total. The highest BCUT2D eigenvalue weighted by molar-refractivity contribution is 5.29. The highest BCUT2D eigenvalue weighted by Gasteiger charge is 2.30. The number of halogens is 3. The summed E-state index contributed by atoms with van der Waals surface area (Å²) < 4.78 is 42.2. The summed E-state index contributed by atoms with van der Waals surface area (Å²) in [4.78, 5) is 0. The van der Waals surface area contributed by atoms with Gasteiger partial charge < -0.3 is 10.5 Å². The van der Waals surface area contributed by atoms with Crippen molar-refractivity contribution in [2.24, 2.45) is 5.73 Å². The minimum atomic E-state index is -4.32. The van der Waals surface area contributed by atoms with E-state index < -0.39 is 17.3 Å². The highest BCUT2D eigenvalue weighted by Crippen LogP contribution is 2.30. The molecule has 0 heterocycles. The lowest BCUT2D eigenvalue weighted by atomic mass is 10.1. The molecule has 90 valence electrons. The third kappa shape index (κ3) is 3.41. The van der Waals surface area contributed by atoms with Crippen LogP contribution in [0.4, 0.5) is 13.2 Å². The lowest BCUT2D eigenvalue weighted by molar-refractivity contribution is -0.137. The maximum atomic E-state index is 12.3. The maximum absolute atomic E-state index is 12.3. The van der Waals surface area contributed by atoms with Gasteiger partial charge in [-0.25, -0.2) is 0 Å². The van der Waals surface area contributed by atoms with Crippen LogP contribution < -0.4 is 10.5 Å². The Morgan fingerprint density at radius 3 is 2.00 bits per heavy atom. The molecule has 1 aromatic rings. The zero-order valence-electron chi connectivity index (χ0n) is 9.14. The average Bonchev–Trinajstić information content (AvgIpc) is 2.16. The van der Waals surface area contributed by atoms with Crippen LogP contribution in [-0.2, 0) is 6.18 Å². The molecule has 0 amide bonds. The Bertz CT molecular complexity index is 343. The van der Waals surface area contributed by atoms with E-state index in [1.54, 1.807) is 13.8 Å². The van der Waals surface area contributed by atoms with E-state index in [-0.39, 0.29) is 6.54 Å². The van der Waals surface area contributed by atoms with Gasteiger partial charge in [0.2, 0.25) is 0 Å². The Hall–Kier alpha value is -1.23. The summed E-state index contributed by atoms with van der Waals surface area (Å²) in [6.45, 7) is 3.82. The Balaban J connectivity index is 2.80. The molecule has 0 saturated heterocycles. The molecule has 1 rings (SSSR count). The van der Waals surface area contributed by atoms with Crippen molar-refractivity contribution in [3.8, 4) is 5.75 Å². The molecule has 0 saturated carbocycles. The number of hydrogen-bond acceptors (Lipinski definition) is 2. The molecule has 0 fully saturated rings. The molecule has 1 aromatic carbocycles. The molecule has 16 heavy (non-hydrogen) atoms. The van der Waals surface area contributed by atoms with Crippen molar-refractivity contribution in [2.45, 2.75) is 25.6 Å². The fraction of sp³-hybridized carbons (Fsp3) is 0.455. The lowest BCUT2D eigenvalue weighted by Gasteiger charge is -2.24. The van der Waals surface area contributed by atoms with Gasteiger partial charge in [0.1, 0.15) is 11.4 Å². The van der Waals surface area contributed by atoms with Crippen molar-refractivity contribution in [3.05, 3.63) is 29.8 Å². The third-order valence-electron chi connectivity index (χ3n) is 2.07. The molecule has 0 unspecified atom stereocenters. The third-order valence-corrected chi connectivity index (χ3v) is 2.07. The first-order valence-electron chi connectivity index (χ1n) is 4.81. The smallest absolute Gasteiger partial charge is 0.416 e. The second-order valence-electron chi connectivity index (χ2n) is 4.09. The number of alkyl halides is 3. The Kier molecular flexibility index (Phi) is 3.48. The van der Waals surface area contributed by atoms with E-state index in [9.17, 15) is 13.2 Å². The minimum absolute atomic E-state index is 0.286. The minimum Gasteiger partial charge on any atom is -0.487 e. The Labute approximate surface area is 92.2 Å². The van der Waals surface area contributed by atoms with E-state index in [0.29, 0.717) is 5.75 Å². The first kappa shape index (κ1) is 12.8. The fourth-order valence-corrected chi connectivity index (χ4v) is 1.07. The number of benzene rings is 1. The molecule has 5 heteroatoms. The molecule has 0 aliphatic carbocycles. The largest absolute Gasteiger partial charge is 0.487 e. The summed E-state index contributed by atoms with van der Waals surface area (Å²) in [6, 6.07) is 4.56. The van der Waals surface area contributed by atoms with Gasteiger partial charge in [0.25, 0.3) is 0 Å². The van der Waals surface area contributed by atoms with Crippen molar-refractivity contribution in [2.75, 3.05) is 6.54 Å². The Morgan fingerprint density at radius 2 is 1.62 bits per heavy atom. The number of ether oxygens (including phenoxy) is 1. The lowest BCUT2D eigenvalue weighted by Crippen LogP contribution is -2.37. The van der Waals surface area contributed by atoms with Gasteiger partial charge in [0.15, 0.2) is 0 Å². The molecule has 0 atom stereocenters. The predicted octanol–water partition coefficient (Wildman–Crippen LogP) is 2.82. The molecule has 0 aliphatic heterocycles. The molecular weight excluding hydrogens is 219 g/mol. The summed E-state index contributed by atoms with van der Waals surface area (Å²) in [6.07, 6.45) is -4.32. The number of rotatable bonds is 3. The molecule has 0 bridgehead atoms. The molecule has 0 spiro atoms. The predicted molar refractivity (Wildman–Crippen MR) is 55.2 cm³/mol. The van der Waals surface area contributed by atoms with Crippen LogP contribution in [0.5, 0.6) is 5.75 Å². The molecule has 0 aromatic heterocycles. The SMILES string of the molecule is CC(C)(CN)Oc1ccc(C(F)(F)F)cc1. The fourth-order valence-electron chi connectivity index (χ4n) is 1.07. The zero-order valence-corrected chi connectivity index (χ0v) is 9.14. The van der Waals surface area contributed by atoms with Gasteiger partial charge in [-0.2, -0.15) is 13.2 Å². The second kappa shape index (κ2) is 4.33. The number of nitrogens with two attached hydrogens (primary N) is 1. The van der Waals surface area contributed by atoms with Crippen molar-refractivity contribution in [1.29, 1.82) is 0 Å². The summed E-state index contributed by atoms with van der Waals surface area (Å²) in [5, 5.41) is 0. The number of hydrogen-bond donors (Lipinski definition) is 1. The van der Waals surface area contributed by atoms with Crippen LogP contribution in [0.15, 0.2) is 24.3 Å². The molecule has 2 nitrogen and oxygen atoms in total. The zero-order chi connectivity index (χ0) is 12.4. The van der Waals surface area contributed by atoms with Crippen LogP contribution in [0.3, 0.4) is 0 Å². The van der Waals surface area contributed by atoms with Gasteiger partial charge in [0, 0.05) is 6.54 Å². The van der Waals surface area contributed by atoms with Crippen LogP contribution in [0, 0.1) is 0 Å². The van der Waals surface area contributed by atoms with Gasteiger partial charge in [-0.1, -0.05) is 0 Å². The van der Waals surface area contributed by atoms with Crippen LogP contribution in [0.25, 0.3) is 0 Å². The first-order chi connectivity index (χ1) is 7.24. The summed E-state index contributed by atoms with van der Waals surface area (Å²) in [5.74, 6) is 0.378. The van der Waals surface area contributed by atoms with E-state index >= 15 is 0 Å². The van der Waals surface area contributed by atoms with Crippen molar-refractivity contribution in [3.63, 3.8) is 0 Å². The van der Waals surface area contributed by atoms with E-state index in [2.05, 4.69) is 0 Å². The van der Waals surface area contributed by atoms with Crippen molar-refractivity contribution >= 4 is 0 Å². The summed E-state index contributed by atoms with van der Waals surface area (Å²) >= 11 is 0. The van der Waals surface area contributed by atoms with Gasteiger partial charge in [-0.15, -0.1) is 0 Å². The van der Waals surface area contributed by atoms with Crippen molar-refractivity contribution in [1.82, 2.24) is 0 Å². The Morgan fingerprint density at radius 1 is 1.12 bits per heavy atom. The van der Waals surface area contributed by atoms with E-state index in [1.807, 2.05) is 0 Å². The molecule has 0 radical (unpaired) electrons. The van der Waals surface area contributed by atoms with Crippen LogP contribution in [-0.4, -0.2) is 12.1 Å². The topological polar surface area (TPSA) is 35.2 Å². The molecular formula is C11H14F3NO. The van der Waals surface area contributed by atoms with Crippen molar-refractivity contribution < 1.29 is 17.9 Å². The summed E-state index contributed by atoms with van der Waals surface area (Å²) in [5.41, 5.74) is 4.18. The summed E-state index contributed by atoms with van der Waals surface area (Å²) in [7, 11) is 0. The van der Waals surface area contributed by atoms with Gasteiger partial charge in [-0.05, 0) is 38.1 Å². The highest BCUT2D eigenvalue weighted by atomic mass is 19.4. The first-order valence-corrected chi connectivity index (χ1v) is 4.81.